The number of ether oxygens (including phenoxy) is 1. The summed E-state index contributed by atoms with van der Waals surface area (Å²) in [5, 5.41) is 8.98. The minimum absolute atomic E-state index is 0.00730. The molecule has 0 aliphatic rings. The van der Waals surface area contributed by atoms with Gasteiger partial charge in [-0.2, -0.15) is 5.26 Å². The molecule has 28 heavy (non-hydrogen) atoms. The number of nitriles is 1. The van der Waals surface area contributed by atoms with Crippen LogP contribution in [-0.2, 0) is 11.3 Å². The molecule has 0 amide bonds. The zero-order valence-corrected chi connectivity index (χ0v) is 15.5. The molecule has 1 aromatic heterocycles. The van der Waals surface area contributed by atoms with E-state index in [1.807, 2.05) is 4.72 Å². The molecule has 0 aliphatic heterocycles. The fraction of sp³-hybridized carbons (Fsp3) is 0.0625. The van der Waals surface area contributed by atoms with Gasteiger partial charge >= 0.3 is 0 Å². The third-order valence-corrected chi connectivity index (χ3v) is 4.26. The molecule has 9 nitrogen and oxygen atoms in total. The van der Waals surface area contributed by atoms with Crippen LogP contribution >= 0.6 is 11.6 Å². The van der Waals surface area contributed by atoms with E-state index in [4.69, 9.17) is 21.2 Å². The van der Waals surface area contributed by atoms with E-state index < -0.39 is 39.0 Å². The largest absolute Gasteiger partial charge is 0.755 e. The van der Waals surface area contributed by atoms with E-state index in [9.17, 15) is 23.2 Å². The van der Waals surface area contributed by atoms with Crippen molar-refractivity contribution < 1.29 is 22.7 Å². The van der Waals surface area contributed by atoms with Crippen LogP contribution in [0.25, 0.3) is 10.9 Å². The number of aromatic nitrogens is 2. The standard InChI is InChI=1S/C16H10ClFN4O5S/c1-26-22-7-20-12-3-2-8(4-9(12)16(22)23)27-15-10(6-19)13(21-28(24)25)5-11(17)14(15)18/h2-5,7,21H,1H3,(H,24,25)/p-1. The monoisotopic (exact) mass is 423 g/mol. The van der Waals surface area contributed by atoms with Crippen LogP contribution in [0.3, 0.4) is 0 Å². The Morgan fingerprint density at radius 1 is 1.43 bits per heavy atom. The van der Waals surface area contributed by atoms with E-state index in [1.54, 1.807) is 6.07 Å². The number of rotatable bonds is 5. The van der Waals surface area contributed by atoms with Crippen molar-refractivity contribution in [2.24, 2.45) is 0 Å². The maximum absolute atomic E-state index is 14.5. The van der Waals surface area contributed by atoms with Gasteiger partial charge in [-0.25, -0.2) is 9.37 Å². The first-order valence-electron chi connectivity index (χ1n) is 7.37. The number of nitrogens with one attached hydrogen (secondary N) is 1. The van der Waals surface area contributed by atoms with E-state index in [0.717, 1.165) is 10.8 Å². The van der Waals surface area contributed by atoms with Crippen molar-refractivity contribution in [2.75, 3.05) is 11.8 Å². The lowest BCUT2D eigenvalue weighted by molar-refractivity contribution is 0.155. The zero-order valence-electron chi connectivity index (χ0n) is 13.9. The molecule has 1 atom stereocenters. The Kier molecular flexibility index (Phi) is 5.46. The fourth-order valence-electron chi connectivity index (χ4n) is 2.38. The van der Waals surface area contributed by atoms with Crippen LogP contribution in [0.5, 0.6) is 11.5 Å². The average Bonchev–Trinajstić information content (AvgIpc) is 2.66. The summed E-state index contributed by atoms with van der Waals surface area (Å²) >= 11 is 2.99. The van der Waals surface area contributed by atoms with E-state index in [0.29, 0.717) is 5.52 Å². The summed E-state index contributed by atoms with van der Waals surface area (Å²) in [6.45, 7) is 0. The molecule has 2 aromatic carbocycles. The Morgan fingerprint density at radius 2 is 2.18 bits per heavy atom. The van der Waals surface area contributed by atoms with Gasteiger partial charge in [-0.1, -0.05) is 11.6 Å². The van der Waals surface area contributed by atoms with E-state index >= 15 is 0 Å². The molecule has 0 saturated heterocycles. The first kappa shape index (κ1) is 19.6. The molecule has 0 spiro atoms. The maximum atomic E-state index is 14.5. The molecule has 0 aliphatic carbocycles. The van der Waals surface area contributed by atoms with Crippen molar-refractivity contribution >= 4 is 39.5 Å². The summed E-state index contributed by atoms with van der Waals surface area (Å²) in [7, 11) is 1.28. The van der Waals surface area contributed by atoms with Crippen molar-refractivity contribution in [2.45, 2.75) is 0 Å². The number of nitrogens with zero attached hydrogens (tertiary/aromatic N) is 3. The van der Waals surface area contributed by atoms with Crippen molar-refractivity contribution in [1.82, 2.24) is 9.71 Å². The molecular weight excluding hydrogens is 415 g/mol. The molecule has 3 rings (SSSR count). The molecule has 0 bridgehead atoms. The SMILES string of the molecule is COn1cnc2ccc(Oc3c(F)c(Cl)cc(NS(=O)[O-])c3C#N)cc2c1=O. The summed E-state index contributed by atoms with van der Waals surface area (Å²) in [6, 6.07) is 6.74. The van der Waals surface area contributed by atoms with E-state index in [2.05, 4.69) is 4.98 Å². The molecule has 0 fully saturated rings. The Bertz CT molecular complexity index is 1210. The number of hydrogen-bond donors (Lipinski definition) is 1. The van der Waals surface area contributed by atoms with Crippen molar-refractivity contribution in [3.05, 3.63) is 57.3 Å². The molecule has 144 valence electrons. The van der Waals surface area contributed by atoms with Crippen LogP contribution in [0, 0.1) is 17.1 Å². The second-order valence-electron chi connectivity index (χ2n) is 5.21. The lowest BCUT2D eigenvalue weighted by Gasteiger charge is -2.15. The highest BCUT2D eigenvalue weighted by Gasteiger charge is 2.20. The number of anilines is 1. The molecule has 0 radical (unpaired) electrons. The maximum Gasteiger partial charge on any atom is 0.294 e. The third kappa shape index (κ3) is 3.61. The molecular formula is C16H9ClFN4O5S-. The highest BCUT2D eigenvalue weighted by atomic mass is 35.5. The minimum Gasteiger partial charge on any atom is -0.755 e. The van der Waals surface area contributed by atoms with Crippen LogP contribution in [0.2, 0.25) is 5.02 Å². The van der Waals surface area contributed by atoms with Gasteiger partial charge in [0.15, 0.2) is 11.6 Å². The Labute approximate surface area is 164 Å². The van der Waals surface area contributed by atoms with Gasteiger partial charge in [-0.05, 0) is 24.3 Å². The van der Waals surface area contributed by atoms with Gasteiger partial charge in [-0.15, -0.1) is 4.73 Å². The molecule has 1 unspecified atom stereocenters. The van der Waals surface area contributed by atoms with Gasteiger partial charge in [0.1, 0.15) is 30.8 Å². The summed E-state index contributed by atoms with van der Waals surface area (Å²) < 4.78 is 44.5. The first-order chi connectivity index (χ1) is 13.3. The lowest BCUT2D eigenvalue weighted by atomic mass is 10.1. The molecule has 1 heterocycles. The molecule has 3 aromatic rings. The van der Waals surface area contributed by atoms with Gasteiger partial charge in [-0.3, -0.25) is 9.00 Å². The van der Waals surface area contributed by atoms with Crippen LogP contribution in [-0.4, -0.2) is 25.6 Å². The summed E-state index contributed by atoms with van der Waals surface area (Å²) in [4.78, 5) is 21.2. The van der Waals surface area contributed by atoms with Crippen LogP contribution in [0.15, 0.2) is 35.4 Å². The number of benzene rings is 2. The van der Waals surface area contributed by atoms with Gasteiger partial charge < -0.3 is 18.8 Å². The smallest absolute Gasteiger partial charge is 0.294 e. The second kappa shape index (κ2) is 7.81. The third-order valence-electron chi connectivity index (χ3n) is 3.60. The van der Waals surface area contributed by atoms with E-state index in [1.165, 1.54) is 31.6 Å². The summed E-state index contributed by atoms with van der Waals surface area (Å²) in [6.07, 6.45) is 1.19. The van der Waals surface area contributed by atoms with Crippen LogP contribution in [0.1, 0.15) is 5.56 Å². The Morgan fingerprint density at radius 3 is 2.82 bits per heavy atom. The lowest BCUT2D eigenvalue weighted by Crippen LogP contribution is -2.24. The minimum atomic E-state index is -2.78. The molecule has 1 N–H and O–H groups in total. The van der Waals surface area contributed by atoms with Gasteiger partial charge in [0, 0.05) is 11.3 Å². The van der Waals surface area contributed by atoms with Crippen LogP contribution < -0.4 is 19.9 Å². The van der Waals surface area contributed by atoms with Gasteiger partial charge in [0.25, 0.3) is 5.56 Å². The topological polar surface area (TPSA) is 129 Å². The quantitative estimate of drug-likeness (QED) is 0.622. The first-order valence-corrected chi connectivity index (χ1v) is 8.82. The predicted molar refractivity (Wildman–Crippen MR) is 97.2 cm³/mol. The van der Waals surface area contributed by atoms with Crippen molar-refractivity contribution in [3.63, 3.8) is 0 Å². The van der Waals surface area contributed by atoms with Crippen LogP contribution in [0.4, 0.5) is 10.1 Å². The normalized spacial score (nSPS) is 11.7. The highest BCUT2D eigenvalue weighted by Crippen LogP contribution is 2.37. The number of fused-ring (bicyclic) bond motifs is 1. The van der Waals surface area contributed by atoms with E-state index in [-0.39, 0.29) is 16.8 Å². The summed E-state index contributed by atoms with van der Waals surface area (Å²) in [5.41, 5.74) is -0.885. The van der Waals surface area contributed by atoms with Crippen molar-refractivity contribution in [1.29, 1.82) is 5.26 Å². The highest BCUT2D eigenvalue weighted by molar-refractivity contribution is 7.80. The number of halogens is 2. The Hall–Kier alpha value is -3.20. The molecule has 12 heteroatoms. The predicted octanol–water partition coefficient (Wildman–Crippen LogP) is 2.12. The average molecular weight is 424 g/mol. The fourth-order valence-corrected chi connectivity index (χ4v) is 2.91. The summed E-state index contributed by atoms with van der Waals surface area (Å²) in [5.74, 6) is -1.67. The van der Waals surface area contributed by atoms with Crippen molar-refractivity contribution in [3.8, 4) is 17.6 Å². The zero-order chi connectivity index (χ0) is 20.4. The van der Waals surface area contributed by atoms with Gasteiger partial charge in [0.05, 0.1) is 21.6 Å². The second-order valence-corrected chi connectivity index (χ2v) is 6.29. The van der Waals surface area contributed by atoms with Gasteiger partial charge in [0.2, 0.25) is 0 Å². The Balaban J connectivity index is 2.14. The molecule has 0 saturated carbocycles. The number of hydrogen-bond acceptors (Lipinski definition) is 7.